The first-order valence-electron chi connectivity index (χ1n) is 9.79. The quantitative estimate of drug-likeness (QED) is 0.476. The molecule has 2 N–H and O–H groups in total. The fourth-order valence-corrected chi connectivity index (χ4v) is 2.98. The number of phenols is 1. The predicted molar refractivity (Wildman–Crippen MR) is 116 cm³/mol. The Morgan fingerprint density at radius 3 is 2.14 bits per heavy atom. The number of hydrogen-bond acceptors (Lipinski definition) is 4. The van der Waals surface area contributed by atoms with Crippen LogP contribution in [0.1, 0.15) is 63.1 Å². The number of benzene rings is 2. The van der Waals surface area contributed by atoms with Crippen LogP contribution in [-0.4, -0.2) is 17.6 Å². The molecule has 0 fully saturated rings. The molecule has 2 aromatic carbocycles. The lowest BCUT2D eigenvalue weighted by Gasteiger charge is -2.16. The third-order valence-corrected chi connectivity index (χ3v) is 4.53. The van der Waals surface area contributed by atoms with E-state index in [1.807, 2.05) is 52.8 Å². The molecule has 0 saturated carbocycles. The van der Waals surface area contributed by atoms with E-state index >= 15 is 0 Å². The highest BCUT2D eigenvalue weighted by Gasteiger charge is 2.16. The summed E-state index contributed by atoms with van der Waals surface area (Å²) in [6.45, 7) is 10.5. The van der Waals surface area contributed by atoms with Crippen molar-refractivity contribution in [1.82, 2.24) is 0 Å². The van der Waals surface area contributed by atoms with Gasteiger partial charge < -0.3 is 15.2 Å². The van der Waals surface area contributed by atoms with Gasteiger partial charge in [-0.05, 0) is 77.9 Å². The van der Waals surface area contributed by atoms with E-state index in [0.717, 1.165) is 11.1 Å². The number of nitrogens with zero attached hydrogens (tertiary/aromatic N) is 1. The van der Waals surface area contributed by atoms with Crippen molar-refractivity contribution in [3.63, 3.8) is 0 Å². The maximum absolute atomic E-state index is 12.6. The van der Waals surface area contributed by atoms with Crippen LogP contribution in [0.2, 0.25) is 0 Å². The largest absolute Gasteiger partial charge is 0.507 e. The standard InChI is InChI=1S/C24H28N2O3/c1-6-29-20-9-7-19(8-10-20)26-24(28)18(14-25)11-17-12-21(15(2)3)23(27)22(13-17)16(4)5/h7-13,15-16,27H,6H2,1-5H3,(H,26,28)/b18-11+. The maximum atomic E-state index is 12.6. The van der Waals surface area contributed by atoms with E-state index in [0.29, 0.717) is 23.6 Å². The molecule has 2 rings (SSSR count). The van der Waals surface area contributed by atoms with Crippen molar-refractivity contribution in [2.75, 3.05) is 11.9 Å². The van der Waals surface area contributed by atoms with Gasteiger partial charge in [-0.15, -0.1) is 0 Å². The van der Waals surface area contributed by atoms with Gasteiger partial charge in [0.05, 0.1) is 6.61 Å². The Morgan fingerprint density at radius 2 is 1.69 bits per heavy atom. The van der Waals surface area contributed by atoms with Crippen LogP contribution in [0.15, 0.2) is 42.0 Å². The number of ether oxygens (including phenoxy) is 1. The SMILES string of the molecule is CCOc1ccc(NC(=O)/C(C#N)=C/c2cc(C(C)C)c(O)c(C(C)C)c2)cc1. The van der Waals surface area contributed by atoms with Crippen molar-refractivity contribution >= 4 is 17.7 Å². The Kier molecular flexibility index (Phi) is 7.44. The van der Waals surface area contributed by atoms with E-state index < -0.39 is 5.91 Å². The minimum absolute atomic E-state index is 0.00557. The number of carbonyl (C=O) groups excluding carboxylic acids is 1. The number of carbonyl (C=O) groups is 1. The van der Waals surface area contributed by atoms with Gasteiger partial charge in [0.15, 0.2) is 0 Å². The number of amides is 1. The lowest BCUT2D eigenvalue weighted by molar-refractivity contribution is -0.112. The van der Waals surface area contributed by atoms with Crippen LogP contribution < -0.4 is 10.1 Å². The summed E-state index contributed by atoms with van der Waals surface area (Å²) in [7, 11) is 0. The molecule has 0 saturated heterocycles. The smallest absolute Gasteiger partial charge is 0.266 e. The minimum Gasteiger partial charge on any atom is -0.507 e. The number of aromatic hydroxyl groups is 1. The molecule has 5 heteroatoms. The third-order valence-electron chi connectivity index (χ3n) is 4.53. The lowest BCUT2D eigenvalue weighted by atomic mass is 9.91. The van der Waals surface area contributed by atoms with Crippen molar-refractivity contribution in [2.45, 2.75) is 46.5 Å². The molecule has 29 heavy (non-hydrogen) atoms. The Balaban J connectivity index is 2.33. The molecule has 0 aliphatic heterocycles. The highest BCUT2D eigenvalue weighted by molar-refractivity contribution is 6.09. The molecular weight excluding hydrogens is 364 g/mol. The number of rotatable bonds is 7. The summed E-state index contributed by atoms with van der Waals surface area (Å²) in [4.78, 5) is 12.6. The molecular formula is C24H28N2O3. The molecule has 0 aliphatic rings. The zero-order chi connectivity index (χ0) is 21.6. The van der Waals surface area contributed by atoms with Crippen LogP contribution in [0.25, 0.3) is 6.08 Å². The summed E-state index contributed by atoms with van der Waals surface area (Å²) in [6.07, 6.45) is 1.56. The molecule has 152 valence electrons. The summed E-state index contributed by atoms with van der Waals surface area (Å²) in [5.74, 6) is 0.743. The third kappa shape index (κ3) is 5.61. The molecule has 0 radical (unpaired) electrons. The van der Waals surface area contributed by atoms with Crippen LogP contribution in [-0.2, 0) is 4.79 Å². The molecule has 0 aliphatic carbocycles. The van der Waals surface area contributed by atoms with E-state index in [2.05, 4.69) is 5.32 Å². The Hall–Kier alpha value is -3.26. The predicted octanol–water partition coefficient (Wildman–Crippen LogP) is 5.58. The first-order valence-corrected chi connectivity index (χ1v) is 9.79. The van der Waals surface area contributed by atoms with Crippen molar-refractivity contribution in [3.05, 3.63) is 58.7 Å². The Labute approximate surface area is 172 Å². The first kappa shape index (κ1) is 22.0. The summed E-state index contributed by atoms with van der Waals surface area (Å²) in [5.41, 5.74) is 2.89. The minimum atomic E-state index is -0.484. The van der Waals surface area contributed by atoms with Gasteiger partial charge in [0.25, 0.3) is 5.91 Å². The Morgan fingerprint density at radius 1 is 1.14 bits per heavy atom. The number of hydrogen-bond donors (Lipinski definition) is 2. The van der Waals surface area contributed by atoms with Crippen LogP contribution in [0.3, 0.4) is 0 Å². The molecule has 0 spiro atoms. The fourth-order valence-electron chi connectivity index (χ4n) is 2.98. The van der Waals surface area contributed by atoms with Crippen LogP contribution in [0.4, 0.5) is 5.69 Å². The van der Waals surface area contributed by atoms with Crippen molar-refractivity contribution < 1.29 is 14.6 Å². The van der Waals surface area contributed by atoms with E-state index in [-0.39, 0.29) is 23.2 Å². The lowest BCUT2D eigenvalue weighted by Crippen LogP contribution is -2.13. The second-order valence-electron chi connectivity index (χ2n) is 7.44. The molecule has 0 heterocycles. The van der Waals surface area contributed by atoms with Gasteiger partial charge in [-0.2, -0.15) is 5.26 Å². The number of nitriles is 1. The van der Waals surface area contributed by atoms with E-state index in [9.17, 15) is 15.2 Å². The first-order chi connectivity index (χ1) is 13.8. The summed E-state index contributed by atoms with van der Waals surface area (Å²) < 4.78 is 5.39. The van der Waals surface area contributed by atoms with Gasteiger partial charge in [-0.1, -0.05) is 27.7 Å². The average Bonchev–Trinajstić information content (AvgIpc) is 2.68. The van der Waals surface area contributed by atoms with Gasteiger partial charge in [0, 0.05) is 5.69 Å². The topological polar surface area (TPSA) is 82.3 Å². The molecule has 0 bridgehead atoms. The van der Waals surface area contributed by atoms with E-state index in [1.165, 1.54) is 0 Å². The fraction of sp³-hybridized carbons (Fsp3) is 0.333. The van der Waals surface area contributed by atoms with Gasteiger partial charge in [0.2, 0.25) is 0 Å². The van der Waals surface area contributed by atoms with Crippen molar-refractivity contribution in [3.8, 4) is 17.6 Å². The highest BCUT2D eigenvalue weighted by atomic mass is 16.5. The van der Waals surface area contributed by atoms with Gasteiger partial charge in [-0.25, -0.2) is 0 Å². The van der Waals surface area contributed by atoms with Crippen LogP contribution >= 0.6 is 0 Å². The second kappa shape index (κ2) is 9.79. The van der Waals surface area contributed by atoms with Crippen molar-refractivity contribution in [1.29, 1.82) is 5.26 Å². The highest BCUT2D eigenvalue weighted by Crippen LogP contribution is 2.35. The van der Waals surface area contributed by atoms with Gasteiger partial charge in [0.1, 0.15) is 23.1 Å². The molecule has 0 atom stereocenters. The number of phenolic OH excluding ortho intramolecular Hbond substituents is 1. The molecule has 1 amide bonds. The molecule has 0 unspecified atom stereocenters. The average molecular weight is 392 g/mol. The molecule has 0 aromatic heterocycles. The second-order valence-corrected chi connectivity index (χ2v) is 7.44. The van der Waals surface area contributed by atoms with E-state index in [4.69, 9.17) is 4.74 Å². The maximum Gasteiger partial charge on any atom is 0.266 e. The Bertz CT molecular complexity index is 907. The van der Waals surface area contributed by atoms with Crippen LogP contribution in [0.5, 0.6) is 11.5 Å². The van der Waals surface area contributed by atoms with E-state index in [1.54, 1.807) is 30.3 Å². The monoisotopic (exact) mass is 392 g/mol. The zero-order valence-electron chi connectivity index (χ0n) is 17.6. The van der Waals surface area contributed by atoms with Crippen LogP contribution in [0, 0.1) is 11.3 Å². The molecule has 2 aromatic rings. The van der Waals surface area contributed by atoms with Gasteiger partial charge >= 0.3 is 0 Å². The molecule has 5 nitrogen and oxygen atoms in total. The summed E-state index contributed by atoms with van der Waals surface area (Å²) >= 11 is 0. The zero-order valence-corrected chi connectivity index (χ0v) is 17.6. The summed E-state index contributed by atoms with van der Waals surface area (Å²) in [6, 6.07) is 12.6. The van der Waals surface area contributed by atoms with Gasteiger partial charge in [-0.3, -0.25) is 4.79 Å². The normalized spacial score (nSPS) is 11.4. The number of nitrogens with one attached hydrogen (secondary N) is 1. The number of anilines is 1. The summed E-state index contributed by atoms with van der Waals surface area (Å²) in [5, 5.41) is 22.8. The van der Waals surface area contributed by atoms with Crippen molar-refractivity contribution in [2.24, 2.45) is 0 Å².